The molecule has 1 spiro atoms. The summed E-state index contributed by atoms with van der Waals surface area (Å²) in [6, 6.07) is 0.574. The maximum absolute atomic E-state index is 9.92. The van der Waals surface area contributed by atoms with Gasteiger partial charge in [0.15, 0.2) is 0 Å². The van der Waals surface area contributed by atoms with E-state index < -0.39 is 0 Å². The first-order valence-electron chi connectivity index (χ1n) is 7.61. The van der Waals surface area contributed by atoms with Gasteiger partial charge in [-0.25, -0.2) is 0 Å². The maximum atomic E-state index is 9.92. The first-order valence-corrected chi connectivity index (χ1v) is 7.61. The van der Waals surface area contributed by atoms with Gasteiger partial charge in [0.2, 0.25) is 0 Å². The third-order valence-electron chi connectivity index (χ3n) is 4.78. The lowest BCUT2D eigenvalue weighted by molar-refractivity contribution is -0.173. The standard InChI is InChI=1S/C15H29NO2/c1-4-18-14-9-13(15(14)6-5-7-15)16-10-12(17)8-11(2)3/h11-14,16-17H,4-10H2,1-3H3. The van der Waals surface area contributed by atoms with Crippen LogP contribution in [0, 0.1) is 11.3 Å². The minimum absolute atomic E-state index is 0.201. The molecule has 0 heterocycles. The largest absolute Gasteiger partial charge is 0.392 e. The number of rotatable bonds is 7. The average molecular weight is 255 g/mol. The van der Waals surface area contributed by atoms with Crippen LogP contribution in [0.25, 0.3) is 0 Å². The molecule has 0 aromatic rings. The van der Waals surface area contributed by atoms with Crippen molar-refractivity contribution in [2.75, 3.05) is 13.2 Å². The summed E-state index contributed by atoms with van der Waals surface area (Å²) in [5.74, 6) is 0.567. The maximum Gasteiger partial charge on any atom is 0.0667 e. The Morgan fingerprint density at radius 3 is 2.61 bits per heavy atom. The summed E-state index contributed by atoms with van der Waals surface area (Å²) >= 11 is 0. The highest BCUT2D eigenvalue weighted by Crippen LogP contribution is 2.57. The Morgan fingerprint density at radius 2 is 2.11 bits per heavy atom. The smallest absolute Gasteiger partial charge is 0.0667 e. The van der Waals surface area contributed by atoms with Crippen LogP contribution < -0.4 is 5.32 Å². The molecule has 3 nitrogen and oxygen atoms in total. The molecular weight excluding hydrogens is 226 g/mol. The molecule has 2 saturated carbocycles. The molecule has 0 saturated heterocycles. The van der Waals surface area contributed by atoms with E-state index in [1.54, 1.807) is 0 Å². The number of hydrogen-bond acceptors (Lipinski definition) is 3. The van der Waals surface area contributed by atoms with Crippen LogP contribution in [0.5, 0.6) is 0 Å². The van der Waals surface area contributed by atoms with Gasteiger partial charge in [-0.3, -0.25) is 0 Å². The number of aliphatic hydroxyl groups is 1. The molecule has 18 heavy (non-hydrogen) atoms. The Kier molecular flexibility index (Phi) is 4.68. The summed E-state index contributed by atoms with van der Waals surface area (Å²) in [4.78, 5) is 0. The van der Waals surface area contributed by atoms with Gasteiger partial charge in [-0.1, -0.05) is 20.3 Å². The number of ether oxygens (including phenoxy) is 1. The molecule has 0 aromatic heterocycles. The summed E-state index contributed by atoms with van der Waals surface area (Å²) < 4.78 is 5.83. The lowest BCUT2D eigenvalue weighted by Crippen LogP contribution is -2.67. The molecule has 2 fully saturated rings. The number of hydrogen-bond donors (Lipinski definition) is 2. The third-order valence-corrected chi connectivity index (χ3v) is 4.78. The molecule has 2 N–H and O–H groups in total. The second-order valence-corrected chi connectivity index (χ2v) is 6.51. The van der Waals surface area contributed by atoms with Gasteiger partial charge < -0.3 is 15.2 Å². The van der Waals surface area contributed by atoms with Gasteiger partial charge in [-0.2, -0.15) is 0 Å². The highest BCUT2D eigenvalue weighted by Gasteiger charge is 2.58. The topological polar surface area (TPSA) is 41.5 Å². The normalized spacial score (nSPS) is 31.2. The van der Waals surface area contributed by atoms with Crippen LogP contribution in [0.4, 0.5) is 0 Å². The highest BCUT2D eigenvalue weighted by atomic mass is 16.5. The Bertz CT molecular complexity index is 263. The van der Waals surface area contributed by atoms with Gasteiger partial charge in [0, 0.05) is 24.6 Å². The monoisotopic (exact) mass is 255 g/mol. The van der Waals surface area contributed by atoms with E-state index in [1.807, 2.05) is 0 Å². The minimum Gasteiger partial charge on any atom is -0.392 e. The van der Waals surface area contributed by atoms with E-state index in [0.29, 0.717) is 23.5 Å². The quantitative estimate of drug-likeness (QED) is 0.733. The van der Waals surface area contributed by atoms with Crippen molar-refractivity contribution in [1.82, 2.24) is 5.32 Å². The molecule has 2 aliphatic carbocycles. The van der Waals surface area contributed by atoms with Crippen LogP contribution in [-0.4, -0.2) is 36.5 Å². The first-order chi connectivity index (χ1) is 8.58. The lowest BCUT2D eigenvalue weighted by atomic mass is 9.51. The summed E-state index contributed by atoms with van der Waals surface area (Å²) in [6.07, 6.45) is 6.23. The van der Waals surface area contributed by atoms with E-state index in [1.165, 1.54) is 19.3 Å². The average Bonchev–Trinajstić information content (AvgIpc) is 2.18. The second-order valence-electron chi connectivity index (χ2n) is 6.51. The van der Waals surface area contributed by atoms with Gasteiger partial charge in [0.05, 0.1) is 12.2 Å². The van der Waals surface area contributed by atoms with Crippen LogP contribution in [0.15, 0.2) is 0 Å². The van der Waals surface area contributed by atoms with Crippen molar-refractivity contribution < 1.29 is 9.84 Å². The fraction of sp³-hybridized carbons (Fsp3) is 1.00. The van der Waals surface area contributed by atoms with E-state index >= 15 is 0 Å². The highest BCUT2D eigenvalue weighted by molar-refractivity contribution is 5.12. The Hall–Kier alpha value is -0.120. The van der Waals surface area contributed by atoms with Crippen LogP contribution >= 0.6 is 0 Å². The van der Waals surface area contributed by atoms with Gasteiger partial charge in [-0.15, -0.1) is 0 Å². The fourth-order valence-corrected chi connectivity index (χ4v) is 3.63. The molecule has 0 aliphatic heterocycles. The SMILES string of the molecule is CCOC1CC(NCC(O)CC(C)C)C12CCC2. The molecule has 3 heteroatoms. The lowest BCUT2D eigenvalue weighted by Gasteiger charge is -2.61. The summed E-state index contributed by atoms with van der Waals surface area (Å²) in [6.45, 7) is 7.97. The predicted molar refractivity (Wildman–Crippen MR) is 73.6 cm³/mol. The summed E-state index contributed by atoms with van der Waals surface area (Å²) in [5.41, 5.74) is 0.410. The molecule has 106 valence electrons. The van der Waals surface area contributed by atoms with Crippen molar-refractivity contribution in [3.63, 3.8) is 0 Å². The van der Waals surface area contributed by atoms with E-state index in [2.05, 4.69) is 26.1 Å². The molecule has 0 bridgehead atoms. The zero-order chi connectivity index (χ0) is 13.2. The Labute approximate surface area is 111 Å². The van der Waals surface area contributed by atoms with Crippen LogP contribution in [-0.2, 0) is 4.74 Å². The van der Waals surface area contributed by atoms with Crippen molar-refractivity contribution in [3.05, 3.63) is 0 Å². The fourth-order valence-electron chi connectivity index (χ4n) is 3.63. The van der Waals surface area contributed by atoms with E-state index in [-0.39, 0.29) is 6.10 Å². The molecule has 2 aliphatic rings. The van der Waals surface area contributed by atoms with Crippen molar-refractivity contribution in [2.45, 2.75) is 71.1 Å². The van der Waals surface area contributed by atoms with E-state index in [4.69, 9.17) is 4.74 Å². The molecular formula is C15H29NO2. The summed E-state index contributed by atoms with van der Waals surface area (Å²) in [7, 11) is 0. The molecule has 3 unspecified atom stereocenters. The third kappa shape index (κ3) is 2.73. The van der Waals surface area contributed by atoms with Crippen LogP contribution in [0.3, 0.4) is 0 Å². The molecule has 0 amide bonds. The minimum atomic E-state index is -0.201. The molecule has 2 rings (SSSR count). The van der Waals surface area contributed by atoms with Crippen molar-refractivity contribution in [2.24, 2.45) is 11.3 Å². The number of nitrogens with one attached hydrogen (secondary N) is 1. The van der Waals surface area contributed by atoms with E-state index in [0.717, 1.165) is 26.0 Å². The molecule has 0 radical (unpaired) electrons. The summed E-state index contributed by atoms with van der Waals surface area (Å²) in [5, 5.41) is 13.5. The van der Waals surface area contributed by atoms with Gasteiger partial charge >= 0.3 is 0 Å². The van der Waals surface area contributed by atoms with Crippen molar-refractivity contribution >= 4 is 0 Å². The van der Waals surface area contributed by atoms with Crippen molar-refractivity contribution in [1.29, 1.82) is 0 Å². The second kappa shape index (κ2) is 5.89. The Morgan fingerprint density at radius 1 is 1.39 bits per heavy atom. The van der Waals surface area contributed by atoms with Gasteiger partial charge in [-0.05, 0) is 38.5 Å². The number of aliphatic hydroxyl groups excluding tert-OH is 1. The van der Waals surface area contributed by atoms with Gasteiger partial charge in [0.25, 0.3) is 0 Å². The molecule has 0 aromatic carbocycles. The van der Waals surface area contributed by atoms with Gasteiger partial charge in [0.1, 0.15) is 0 Å². The zero-order valence-electron chi connectivity index (χ0n) is 12.1. The molecule has 3 atom stereocenters. The predicted octanol–water partition coefficient (Wildman–Crippen LogP) is 2.33. The van der Waals surface area contributed by atoms with Crippen molar-refractivity contribution in [3.8, 4) is 0 Å². The first kappa shape index (κ1) is 14.3. The Balaban J connectivity index is 1.74. The van der Waals surface area contributed by atoms with Crippen LogP contribution in [0.2, 0.25) is 0 Å². The van der Waals surface area contributed by atoms with E-state index in [9.17, 15) is 5.11 Å². The van der Waals surface area contributed by atoms with Crippen LogP contribution in [0.1, 0.15) is 52.9 Å². The zero-order valence-corrected chi connectivity index (χ0v) is 12.1.